The van der Waals surface area contributed by atoms with Crippen LogP contribution in [-0.2, 0) is 4.79 Å². The molecule has 18 heavy (non-hydrogen) atoms. The molecular weight excluding hydrogens is 290 g/mol. The third kappa shape index (κ3) is 3.70. The van der Waals surface area contributed by atoms with Gasteiger partial charge < -0.3 is 5.32 Å². The molecule has 0 saturated heterocycles. The molecule has 1 amide bonds. The molecule has 1 saturated carbocycles. The molecule has 2 atom stereocenters. The zero-order valence-corrected chi connectivity index (χ0v) is 12.1. The van der Waals surface area contributed by atoms with Gasteiger partial charge in [-0.05, 0) is 42.9 Å². The number of carbonyl (C=O) groups excluding carboxylic acids is 1. The van der Waals surface area contributed by atoms with Crippen molar-refractivity contribution in [1.82, 2.24) is 5.32 Å². The number of halogens is 1. The van der Waals surface area contributed by atoms with E-state index in [0.717, 1.165) is 28.8 Å². The lowest BCUT2D eigenvalue weighted by molar-refractivity contribution is -0.117. The number of nitrogens with one attached hydrogen (secondary N) is 1. The average Bonchev–Trinajstić information content (AvgIpc) is 2.74. The summed E-state index contributed by atoms with van der Waals surface area (Å²) in [5, 5.41) is 3.06. The van der Waals surface area contributed by atoms with Gasteiger partial charge in [0.05, 0.1) is 0 Å². The molecule has 0 aromatic heterocycles. The standard InChI is InChI=1S/C15H18BrNO/c1-11-6-8-13(10-11)17-15(18)9-7-12-4-2-3-5-14(12)16/h2-5,7,9,11,13H,6,8,10H2,1H3,(H,17,18)/b9-7+. The first-order chi connectivity index (χ1) is 8.65. The summed E-state index contributed by atoms with van der Waals surface area (Å²) in [5.74, 6) is 0.743. The molecule has 3 heteroatoms. The fourth-order valence-corrected chi connectivity index (χ4v) is 2.78. The molecule has 1 fully saturated rings. The van der Waals surface area contributed by atoms with Crippen molar-refractivity contribution in [3.63, 3.8) is 0 Å². The summed E-state index contributed by atoms with van der Waals surface area (Å²) in [6.45, 7) is 2.24. The highest BCUT2D eigenvalue weighted by Crippen LogP contribution is 2.24. The minimum absolute atomic E-state index is 0.00449. The Morgan fingerprint density at radius 2 is 2.17 bits per heavy atom. The lowest BCUT2D eigenvalue weighted by Crippen LogP contribution is -2.31. The van der Waals surface area contributed by atoms with Crippen LogP contribution in [-0.4, -0.2) is 11.9 Å². The molecule has 1 aliphatic carbocycles. The molecule has 1 aromatic rings. The lowest BCUT2D eigenvalue weighted by Gasteiger charge is -2.10. The van der Waals surface area contributed by atoms with E-state index < -0.39 is 0 Å². The fourth-order valence-electron chi connectivity index (χ4n) is 2.36. The van der Waals surface area contributed by atoms with Crippen molar-refractivity contribution in [3.05, 3.63) is 40.4 Å². The third-order valence-electron chi connectivity index (χ3n) is 3.36. The Morgan fingerprint density at radius 3 is 2.83 bits per heavy atom. The zero-order valence-electron chi connectivity index (χ0n) is 10.5. The van der Waals surface area contributed by atoms with Crippen LogP contribution in [0.5, 0.6) is 0 Å². The van der Waals surface area contributed by atoms with Crippen molar-refractivity contribution in [1.29, 1.82) is 0 Å². The fraction of sp³-hybridized carbons (Fsp3) is 0.400. The quantitative estimate of drug-likeness (QED) is 0.846. The Balaban J connectivity index is 1.89. The van der Waals surface area contributed by atoms with Gasteiger partial charge in [0.25, 0.3) is 0 Å². The lowest BCUT2D eigenvalue weighted by atomic mass is 10.1. The molecule has 0 radical (unpaired) electrons. The van der Waals surface area contributed by atoms with Gasteiger partial charge in [0.2, 0.25) is 5.91 Å². The van der Waals surface area contributed by atoms with Gasteiger partial charge in [-0.25, -0.2) is 0 Å². The maximum absolute atomic E-state index is 11.8. The summed E-state index contributed by atoms with van der Waals surface area (Å²) in [6, 6.07) is 8.22. The van der Waals surface area contributed by atoms with Crippen molar-refractivity contribution in [2.24, 2.45) is 5.92 Å². The molecule has 0 bridgehead atoms. The van der Waals surface area contributed by atoms with Gasteiger partial charge >= 0.3 is 0 Å². The molecule has 96 valence electrons. The first-order valence-electron chi connectivity index (χ1n) is 6.38. The van der Waals surface area contributed by atoms with E-state index in [0.29, 0.717) is 6.04 Å². The Kier molecular flexibility index (Phi) is 4.59. The van der Waals surface area contributed by atoms with Crippen molar-refractivity contribution in [3.8, 4) is 0 Å². The monoisotopic (exact) mass is 307 g/mol. The van der Waals surface area contributed by atoms with Crippen LogP contribution < -0.4 is 5.32 Å². The summed E-state index contributed by atoms with van der Waals surface area (Å²) in [4.78, 5) is 11.8. The van der Waals surface area contributed by atoms with Gasteiger partial charge in [-0.15, -0.1) is 0 Å². The molecule has 2 nitrogen and oxygen atoms in total. The van der Waals surface area contributed by atoms with Crippen LogP contribution in [0.15, 0.2) is 34.8 Å². The Morgan fingerprint density at radius 1 is 1.39 bits per heavy atom. The second-order valence-corrected chi connectivity index (χ2v) is 5.83. The Hall–Kier alpha value is -1.09. The number of amides is 1. The highest BCUT2D eigenvalue weighted by atomic mass is 79.9. The number of carbonyl (C=O) groups is 1. The van der Waals surface area contributed by atoms with E-state index in [-0.39, 0.29) is 5.91 Å². The molecule has 0 spiro atoms. The van der Waals surface area contributed by atoms with Crippen molar-refractivity contribution >= 4 is 27.9 Å². The van der Waals surface area contributed by atoms with Gasteiger partial charge in [-0.3, -0.25) is 4.79 Å². The number of hydrogen-bond acceptors (Lipinski definition) is 1. The van der Waals surface area contributed by atoms with Gasteiger partial charge in [-0.1, -0.05) is 41.1 Å². The van der Waals surface area contributed by atoms with E-state index in [1.807, 2.05) is 30.3 Å². The smallest absolute Gasteiger partial charge is 0.244 e. The number of rotatable bonds is 3. The zero-order chi connectivity index (χ0) is 13.0. The van der Waals surface area contributed by atoms with E-state index in [1.54, 1.807) is 6.08 Å². The van der Waals surface area contributed by atoms with Gasteiger partial charge in [0, 0.05) is 16.6 Å². The molecule has 2 unspecified atom stereocenters. The molecule has 2 rings (SSSR count). The van der Waals surface area contributed by atoms with Crippen LogP contribution in [0, 0.1) is 5.92 Å². The Bertz CT molecular complexity index is 456. The highest BCUT2D eigenvalue weighted by Gasteiger charge is 2.21. The van der Waals surface area contributed by atoms with E-state index in [2.05, 4.69) is 28.2 Å². The maximum Gasteiger partial charge on any atom is 0.244 e. The first-order valence-corrected chi connectivity index (χ1v) is 7.17. The van der Waals surface area contributed by atoms with Crippen LogP contribution in [0.25, 0.3) is 6.08 Å². The van der Waals surface area contributed by atoms with Gasteiger partial charge in [-0.2, -0.15) is 0 Å². The van der Waals surface area contributed by atoms with E-state index in [1.165, 1.54) is 6.42 Å². The molecule has 1 aromatic carbocycles. The summed E-state index contributed by atoms with van der Waals surface area (Å²) in [6.07, 6.45) is 6.89. The van der Waals surface area contributed by atoms with E-state index in [4.69, 9.17) is 0 Å². The maximum atomic E-state index is 11.8. The number of benzene rings is 1. The predicted octanol–water partition coefficient (Wildman–Crippen LogP) is 3.77. The third-order valence-corrected chi connectivity index (χ3v) is 4.08. The van der Waals surface area contributed by atoms with Crippen molar-refractivity contribution in [2.45, 2.75) is 32.2 Å². The summed E-state index contributed by atoms with van der Waals surface area (Å²) in [5.41, 5.74) is 1.02. The van der Waals surface area contributed by atoms with Gasteiger partial charge in [0.1, 0.15) is 0 Å². The second kappa shape index (κ2) is 6.19. The van der Waals surface area contributed by atoms with E-state index >= 15 is 0 Å². The topological polar surface area (TPSA) is 29.1 Å². The molecular formula is C15H18BrNO. The minimum atomic E-state index is 0.00449. The van der Waals surface area contributed by atoms with Crippen LogP contribution >= 0.6 is 15.9 Å². The molecule has 0 aliphatic heterocycles. The summed E-state index contributed by atoms with van der Waals surface area (Å²) < 4.78 is 1.00. The molecule has 1 aliphatic rings. The second-order valence-electron chi connectivity index (χ2n) is 4.98. The van der Waals surface area contributed by atoms with Crippen LogP contribution in [0.4, 0.5) is 0 Å². The van der Waals surface area contributed by atoms with Crippen molar-refractivity contribution < 1.29 is 4.79 Å². The van der Waals surface area contributed by atoms with Gasteiger partial charge in [0.15, 0.2) is 0 Å². The van der Waals surface area contributed by atoms with Crippen LogP contribution in [0.3, 0.4) is 0 Å². The minimum Gasteiger partial charge on any atom is -0.350 e. The van der Waals surface area contributed by atoms with Crippen LogP contribution in [0.1, 0.15) is 31.7 Å². The predicted molar refractivity (Wildman–Crippen MR) is 78.1 cm³/mol. The van der Waals surface area contributed by atoms with E-state index in [9.17, 15) is 4.79 Å². The summed E-state index contributed by atoms with van der Waals surface area (Å²) in [7, 11) is 0. The van der Waals surface area contributed by atoms with Crippen molar-refractivity contribution in [2.75, 3.05) is 0 Å². The Labute approximate surface area is 117 Å². The first kappa shape index (κ1) is 13.3. The molecule has 1 N–H and O–H groups in total. The number of hydrogen-bond donors (Lipinski definition) is 1. The summed E-state index contributed by atoms with van der Waals surface area (Å²) >= 11 is 3.46. The van der Waals surface area contributed by atoms with Crippen LogP contribution in [0.2, 0.25) is 0 Å². The average molecular weight is 308 g/mol. The molecule has 0 heterocycles. The highest BCUT2D eigenvalue weighted by molar-refractivity contribution is 9.10. The SMILES string of the molecule is CC1CCC(NC(=O)/C=C/c2ccccc2Br)C1. The largest absolute Gasteiger partial charge is 0.350 e. The normalized spacial score (nSPS) is 23.4.